The molecule has 2 aliphatic rings. The van der Waals surface area contributed by atoms with Crippen molar-refractivity contribution in [1.29, 1.82) is 0 Å². The lowest BCUT2D eigenvalue weighted by molar-refractivity contribution is 0.469. The lowest BCUT2D eigenvalue weighted by atomic mass is 10.0. The van der Waals surface area contributed by atoms with E-state index >= 15 is 0 Å². The van der Waals surface area contributed by atoms with Gasteiger partial charge in [-0.1, -0.05) is 0 Å². The molecule has 0 spiro atoms. The van der Waals surface area contributed by atoms with Crippen LogP contribution in [0.15, 0.2) is 18.3 Å². The quantitative estimate of drug-likeness (QED) is 0.861. The van der Waals surface area contributed by atoms with Crippen LogP contribution in [-0.4, -0.2) is 37.5 Å². The summed E-state index contributed by atoms with van der Waals surface area (Å²) in [6.45, 7) is 0. The predicted molar refractivity (Wildman–Crippen MR) is 92.3 cm³/mol. The van der Waals surface area contributed by atoms with Crippen LogP contribution >= 0.6 is 23.5 Å². The average Bonchev–Trinajstić information content (AvgIpc) is 3.15. The van der Waals surface area contributed by atoms with Gasteiger partial charge in [-0.2, -0.15) is 23.5 Å². The third-order valence-electron chi connectivity index (χ3n) is 4.52. The molecule has 0 bridgehead atoms. The molecule has 0 saturated carbocycles. The molecule has 0 aliphatic carbocycles. The molecule has 0 amide bonds. The fourth-order valence-corrected chi connectivity index (χ4v) is 5.84. The summed E-state index contributed by atoms with van der Waals surface area (Å²) >= 11 is 4.17. The first-order valence-corrected chi connectivity index (χ1v) is 10.2. The van der Waals surface area contributed by atoms with Gasteiger partial charge >= 0.3 is 0 Å². The van der Waals surface area contributed by atoms with E-state index in [2.05, 4.69) is 39.1 Å². The molecule has 2 aromatic heterocycles. The van der Waals surface area contributed by atoms with Crippen molar-refractivity contribution in [1.82, 2.24) is 14.5 Å². The smallest absolute Gasteiger partial charge is 0.160 e. The van der Waals surface area contributed by atoms with Gasteiger partial charge in [0.25, 0.3) is 0 Å². The van der Waals surface area contributed by atoms with E-state index in [0.29, 0.717) is 6.04 Å². The average molecular weight is 319 g/mol. The zero-order valence-corrected chi connectivity index (χ0v) is 13.8. The number of rotatable bonds is 3. The van der Waals surface area contributed by atoms with Crippen molar-refractivity contribution >= 4 is 34.7 Å². The van der Waals surface area contributed by atoms with Crippen LogP contribution in [-0.2, 0) is 6.42 Å². The molecule has 2 fully saturated rings. The summed E-state index contributed by atoms with van der Waals surface area (Å²) in [4.78, 5) is 9.57. The third-order valence-corrected chi connectivity index (χ3v) is 6.95. The minimum absolute atomic E-state index is 0.590. The first kappa shape index (κ1) is 13.9. The summed E-state index contributed by atoms with van der Waals surface area (Å²) in [6.07, 6.45) is 6.99. The fraction of sp³-hybridized carbons (Fsp3) is 0.625. The van der Waals surface area contributed by atoms with Gasteiger partial charge in [0.15, 0.2) is 5.65 Å². The Morgan fingerprint density at radius 2 is 2.14 bits per heavy atom. The van der Waals surface area contributed by atoms with Gasteiger partial charge in [-0.25, -0.2) is 9.97 Å². The molecule has 112 valence electrons. The van der Waals surface area contributed by atoms with Gasteiger partial charge in [-0.05, 0) is 54.6 Å². The Morgan fingerprint density at radius 1 is 1.19 bits per heavy atom. The number of fused-ring (bicyclic) bond motifs is 1. The minimum atomic E-state index is 0.590. The number of aromatic nitrogens is 3. The monoisotopic (exact) mass is 319 g/mol. The zero-order chi connectivity index (χ0) is 14.1. The van der Waals surface area contributed by atoms with E-state index in [0.717, 1.165) is 23.5 Å². The highest BCUT2D eigenvalue weighted by molar-refractivity contribution is 7.99. The van der Waals surface area contributed by atoms with Crippen LogP contribution in [0.25, 0.3) is 11.2 Å². The van der Waals surface area contributed by atoms with Crippen LogP contribution in [0.5, 0.6) is 0 Å². The van der Waals surface area contributed by atoms with Crippen molar-refractivity contribution in [2.45, 2.75) is 31.7 Å². The maximum Gasteiger partial charge on any atom is 0.160 e. The van der Waals surface area contributed by atoms with Gasteiger partial charge in [-0.15, -0.1) is 0 Å². The van der Waals surface area contributed by atoms with E-state index in [4.69, 9.17) is 4.98 Å². The molecule has 2 atom stereocenters. The van der Waals surface area contributed by atoms with Gasteiger partial charge < -0.3 is 4.57 Å². The molecule has 2 aromatic rings. The highest BCUT2D eigenvalue weighted by atomic mass is 32.2. The van der Waals surface area contributed by atoms with Gasteiger partial charge in [0, 0.05) is 24.4 Å². The van der Waals surface area contributed by atoms with Crippen LogP contribution in [0.4, 0.5) is 0 Å². The van der Waals surface area contributed by atoms with Crippen LogP contribution in [0, 0.1) is 5.92 Å². The number of imidazole rings is 1. The van der Waals surface area contributed by atoms with Crippen molar-refractivity contribution in [3.63, 3.8) is 0 Å². The molecule has 0 radical (unpaired) electrons. The lowest BCUT2D eigenvalue weighted by Gasteiger charge is -2.25. The Labute approximate surface area is 134 Å². The Balaban J connectivity index is 1.72. The maximum absolute atomic E-state index is 4.93. The molecule has 3 nitrogen and oxygen atoms in total. The van der Waals surface area contributed by atoms with E-state index in [1.807, 2.05) is 12.3 Å². The normalized spacial score (nSPS) is 26.5. The molecular weight excluding hydrogens is 298 g/mol. The molecule has 4 heterocycles. The van der Waals surface area contributed by atoms with E-state index in [9.17, 15) is 0 Å². The Bertz CT molecular complexity index is 613. The largest absolute Gasteiger partial charge is 0.309 e. The van der Waals surface area contributed by atoms with E-state index in [-0.39, 0.29) is 0 Å². The van der Waals surface area contributed by atoms with E-state index in [1.165, 1.54) is 48.1 Å². The lowest BCUT2D eigenvalue weighted by Crippen LogP contribution is -2.20. The van der Waals surface area contributed by atoms with Crippen molar-refractivity contribution in [2.24, 2.45) is 5.92 Å². The first-order chi connectivity index (χ1) is 10.4. The summed E-state index contributed by atoms with van der Waals surface area (Å²) in [5, 5.41) is 0. The van der Waals surface area contributed by atoms with Gasteiger partial charge in [0.05, 0.1) is 0 Å². The number of pyridine rings is 1. The minimum Gasteiger partial charge on any atom is -0.309 e. The molecule has 4 rings (SSSR count). The number of hydrogen-bond donors (Lipinski definition) is 0. The summed E-state index contributed by atoms with van der Waals surface area (Å²) in [7, 11) is 0. The van der Waals surface area contributed by atoms with Crippen molar-refractivity contribution < 1.29 is 0 Å². The molecule has 5 heteroatoms. The Kier molecular flexibility index (Phi) is 4.12. The molecule has 0 N–H and O–H groups in total. The van der Waals surface area contributed by atoms with Crippen LogP contribution in [0.3, 0.4) is 0 Å². The summed E-state index contributed by atoms with van der Waals surface area (Å²) in [5.74, 6) is 7.24. The van der Waals surface area contributed by atoms with Crippen LogP contribution < -0.4 is 0 Å². The molecular formula is C16H21N3S2. The van der Waals surface area contributed by atoms with Gasteiger partial charge in [-0.3, -0.25) is 0 Å². The van der Waals surface area contributed by atoms with Crippen molar-refractivity contribution in [3.8, 4) is 0 Å². The highest BCUT2D eigenvalue weighted by Crippen LogP contribution is 2.33. The van der Waals surface area contributed by atoms with E-state index < -0.39 is 0 Å². The highest BCUT2D eigenvalue weighted by Gasteiger charge is 2.25. The molecule has 21 heavy (non-hydrogen) atoms. The summed E-state index contributed by atoms with van der Waals surface area (Å²) in [5.41, 5.74) is 2.18. The third kappa shape index (κ3) is 2.82. The van der Waals surface area contributed by atoms with Crippen LogP contribution in [0.2, 0.25) is 0 Å². The van der Waals surface area contributed by atoms with E-state index in [1.54, 1.807) is 0 Å². The van der Waals surface area contributed by atoms with Crippen LogP contribution in [0.1, 0.15) is 31.1 Å². The first-order valence-electron chi connectivity index (χ1n) is 7.89. The second kappa shape index (κ2) is 6.21. The molecule has 2 saturated heterocycles. The van der Waals surface area contributed by atoms with Gasteiger partial charge in [0.1, 0.15) is 11.3 Å². The van der Waals surface area contributed by atoms with Crippen molar-refractivity contribution in [3.05, 3.63) is 24.2 Å². The standard InChI is InChI=1S/C16H21N3S2/c1-4-14-16(17-6-1)19(13-3-2-7-20-11-13)15(18-14)9-12-5-8-21-10-12/h1,4,6,12-13H,2-3,5,7-11H2. The Morgan fingerprint density at radius 3 is 2.95 bits per heavy atom. The molecule has 0 aromatic carbocycles. The fourth-order valence-electron chi connectivity index (χ4n) is 3.43. The number of nitrogens with zero attached hydrogens (tertiary/aromatic N) is 3. The number of hydrogen-bond acceptors (Lipinski definition) is 4. The second-order valence-electron chi connectivity index (χ2n) is 6.05. The SMILES string of the molecule is c1cnc2c(c1)nc(CC1CCSC1)n2C1CCCSC1. The zero-order valence-electron chi connectivity index (χ0n) is 12.2. The maximum atomic E-state index is 4.93. The molecule has 2 unspecified atom stereocenters. The topological polar surface area (TPSA) is 30.7 Å². The number of thioether (sulfide) groups is 2. The second-order valence-corrected chi connectivity index (χ2v) is 8.35. The predicted octanol–water partition coefficient (Wildman–Crippen LogP) is 3.80. The summed E-state index contributed by atoms with van der Waals surface area (Å²) in [6, 6.07) is 4.71. The molecule has 2 aliphatic heterocycles. The van der Waals surface area contributed by atoms with Gasteiger partial charge in [0.2, 0.25) is 0 Å². The summed E-state index contributed by atoms with van der Waals surface area (Å²) < 4.78 is 2.48. The Hall–Kier alpha value is -0.680. The van der Waals surface area contributed by atoms with Crippen molar-refractivity contribution in [2.75, 3.05) is 23.0 Å².